The van der Waals surface area contributed by atoms with Crippen LogP contribution in [0.25, 0.3) is 0 Å². The fraction of sp³-hybridized carbons (Fsp3) is 0.769. The van der Waals surface area contributed by atoms with Crippen molar-refractivity contribution in [3.8, 4) is 0 Å². The lowest BCUT2D eigenvalue weighted by Crippen LogP contribution is -2.17. The Morgan fingerprint density at radius 1 is 1.41 bits per heavy atom. The van der Waals surface area contributed by atoms with Gasteiger partial charge in [0.25, 0.3) is 0 Å². The second-order valence-corrected chi connectivity index (χ2v) is 6.61. The van der Waals surface area contributed by atoms with Gasteiger partial charge in [-0.1, -0.05) is 20.8 Å². The Morgan fingerprint density at radius 2 is 2.24 bits per heavy atom. The fourth-order valence-corrected chi connectivity index (χ4v) is 3.39. The molecule has 4 heteroatoms. The zero-order chi connectivity index (χ0) is 12.5. The van der Waals surface area contributed by atoms with E-state index in [1.54, 1.807) is 11.3 Å². The molecule has 17 heavy (non-hydrogen) atoms. The fourth-order valence-electron chi connectivity index (χ4n) is 1.43. The van der Waals surface area contributed by atoms with E-state index in [9.17, 15) is 0 Å². The summed E-state index contributed by atoms with van der Waals surface area (Å²) >= 11 is 3.80. The van der Waals surface area contributed by atoms with Crippen LogP contribution in [0.4, 0.5) is 0 Å². The largest absolute Gasteiger partial charge is 0.316 e. The molecule has 0 radical (unpaired) electrons. The normalized spacial score (nSPS) is 11.3. The first kappa shape index (κ1) is 15.0. The molecule has 1 rings (SSSR count). The van der Waals surface area contributed by atoms with Crippen molar-refractivity contribution >= 4 is 23.1 Å². The number of nitrogens with one attached hydrogen (secondary N) is 1. The maximum atomic E-state index is 4.66. The predicted octanol–water partition coefficient (Wildman–Crippen LogP) is 3.57. The molecule has 0 bridgehead atoms. The van der Waals surface area contributed by atoms with Crippen LogP contribution in [-0.2, 0) is 12.2 Å². The molecule has 1 aromatic heterocycles. The minimum Gasteiger partial charge on any atom is -0.316 e. The van der Waals surface area contributed by atoms with Crippen molar-refractivity contribution in [1.29, 1.82) is 0 Å². The van der Waals surface area contributed by atoms with Gasteiger partial charge in [0.2, 0.25) is 0 Å². The van der Waals surface area contributed by atoms with Crippen LogP contribution in [0, 0.1) is 5.92 Å². The number of rotatable bonds is 9. The second kappa shape index (κ2) is 8.95. The first-order valence-corrected chi connectivity index (χ1v) is 8.47. The number of nitrogens with zero attached hydrogens (tertiary/aromatic N) is 1. The second-order valence-electron chi connectivity index (χ2n) is 4.64. The summed E-state index contributed by atoms with van der Waals surface area (Å²) in [5.41, 5.74) is 1.25. The van der Waals surface area contributed by atoms with Crippen LogP contribution in [0.3, 0.4) is 0 Å². The average molecular weight is 272 g/mol. The summed E-state index contributed by atoms with van der Waals surface area (Å²) in [5.74, 6) is 3.08. The van der Waals surface area contributed by atoms with Gasteiger partial charge in [-0.15, -0.1) is 11.3 Å². The number of hydrogen-bond donors (Lipinski definition) is 1. The molecule has 0 spiro atoms. The van der Waals surface area contributed by atoms with Crippen molar-refractivity contribution < 1.29 is 0 Å². The van der Waals surface area contributed by atoms with Crippen molar-refractivity contribution in [1.82, 2.24) is 10.3 Å². The van der Waals surface area contributed by atoms with Gasteiger partial charge in [-0.3, -0.25) is 0 Å². The molecule has 1 N–H and O–H groups in total. The first-order valence-electron chi connectivity index (χ1n) is 6.44. The summed E-state index contributed by atoms with van der Waals surface area (Å²) in [6, 6.07) is 0. The maximum absolute atomic E-state index is 4.66. The molecule has 0 fully saturated rings. The molecule has 0 aliphatic carbocycles. The standard InChI is InChI=1S/C13H24N2S2/c1-4-6-14-7-5-12-9-17-13(15-12)10-16-8-11(2)3/h9,11,14H,4-8,10H2,1-3H3. The topological polar surface area (TPSA) is 24.9 Å². The van der Waals surface area contributed by atoms with E-state index in [0.29, 0.717) is 0 Å². The molecule has 0 unspecified atom stereocenters. The minimum atomic E-state index is 0.776. The van der Waals surface area contributed by atoms with E-state index in [1.165, 1.54) is 22.9 Å². The molecular formula is C13H24N2S2. The Balaban J connectivity index is 2.18. The van der Waals surface area contributed by atoms with Gasteiger partial charge in [0, 0.05) is 24.1 Å². The third-order valence-electron chi connectivity index (χ3n) is 2.26. The molecule has 0 saturated heterocycles. The van der Waals surface area contributed by atoms with Crippen molar-refractivity contribution in [2.45, 2.75) is 39.4 Å². The SMILES string of the molecule is CCCNCCc1csc(CSCC(C)C)n1. The van der Waals surface area contributed by atoms with Crippen LogP contribution in [0.5, 0.6) is 0 Å². The summed E-state index contributed by atoms with van der Waals surface area (Å²) in [7, 11) is 0. The van der Waals surface area contributed by atoms with E-state index in [-0.39, 0.29) is 0 Å². The van der Waals surface area contributed by atoms with Crippen molar-refractivity contribution in [2.75, 3.05) is 18.8 Å². The third-order valence-corrected chi connectivity index (χ3v) is 4.72. The lowest BCUT2D eigenvalue weighted by atomic mass is 10.3. The van der Waals surface area contributed by atoms with Crippen molar-refractivity contribution in [3.05, 3.63) is 16.1 Å². The zero-order valence-electron chi connectivity index (χ0n) is 11.2. The maximum Gasteiger partial charge on any atom is 0.103 e. The highest BCUT2D eigenvalue weighted by Crippen LogP contribution is 2.18. The highest BCUT2D eigenvalue weighted by Gasteiger charge is 2.03. The molecule has 0 atom stereocenters. The van der Waals surface area contributed by atoms with Gasteiger partial charge in [0.1, 0.15) is 5.01 Å². The molecule has 1 aromatic rings. The summed E-state index contributed by atoms with van der Waals surface area (Å²) in [6.07, 6.45) is 2.26. The zero-order valence-corrected chi connectivity index (χ0v) is 12.8. The third kappa shape index (κ3) is 7.06. The predicted molar refractivity (Wildman–Crippen MR) is 80.0 cm³/mol. The van der Waals surface area contributed by atoms with E-state index < -0.39 is 0 Å². The van der Waals surface area contributed by atoms with Gasteiger partial charge in [0.15, 0.2) is 0 Å². The molecule has 0 aromatic carbocycles. The van der Waals surface area contributed by atoms with Gasteiger partial charge in [-0.05, 0) is 24.6 Å². The summed E-state index contributed by atoms with van der Waals surface area (Å²) in [6.45, 7) is 8.89. The summed E-state index contributed by atoms with van der Waals surface area (Å²) < 4.78 is 0. The van der Waals surface area contributed by atoms with E-state index in [0.717, 1.165) is 31.2 Å². The highest BCUT2D eigenvalue weighted by molar-refractivity contribution is 7.98. The van der Waals surface area contributed by atoms with Crippen LogP contribution in [0.2, 0.25) is 0 Å². The first-order chi connectivity index (χ1) is 8.22. The molecule has 2 nitrogen and oxygen atoms in total. The van der Waals surface area contributed by atoms with Crippen LogP contribution in [0.15, 0.2) is 5.38 Å². The molecule has 0 aliphatic heterocycles. The van der Waals surface area contributed by atoms with Crippen LogP contribution >= 0.6 is 23.1 Å². The number of aromatic nitrogens is 1. The van der Waals surface area contributed by atoms with Crippen LogP contribution in [0.1, 0.15) is 37.9 Å². The molecule has 98 valence electrons. The molecule has 1 heterocycles. The minimum absolute atomic E-state index is 0.776. The van der Waals surface area contributed by atoms with Gasteiger partial charge in [0.05, 0.1) is 5.69 Å². The van der Waals surface area contributed by atoms with Gasteiger partial charge in [-0.25, -0.2) is 4.98 Å². The van der Waals surface area contributed by atoms with Gasteiger partial charge >= 0.3 is 0 Å². The Hall–Kier alpha value is -0.0600. The van der Waals surface area contributed by atoms with Gasteiger partial charge < -0.3 is 5.32 Å². The van der Waals surface area contributed by atoms with E-state index in [4.69, 9.17) is 0 Å². The lowest BCUT2D eigenvalue weighted by molar-refractivity contribution is 0.666. The Kier molecular flexibility index (Phi) is 7.90. The molecular weight excluding hydrogens is 248 g/mol. The lowest BCUT2D eigenvalue weighted by Gasteiger charge is -2.02. The summed E-state index contributed by atoms with van der Waals surface area (Å²) in [5, 5.41) is 6.90. The van der Waals surface area contributed by atoms with Crippen LogP contribution in [-0.4, -0.2) is 23.8 Å². The summed E-state index contributed by atoms with van der Waals surface area (Å²) in [4.78, 5) is 4.66. The Morgan fingerprint density at radius 3 is 2.94 bits per heavy atom. The Bertz CT molecular complexity index is 297. The average Bonchev–Trinajstić information content (AvgIpc) is 2.72. The highest BCUT2D eigenvalue weighted by atomic mass is 32.2. The van der Waals surface area contributed by atoms with E-state index in [2.05, 4.69) is 36.5 Å². The van der Waals surface area contributed by atoms with Crippen molar-refractivity contribution in [3.63, 3.8) is 0 Å². The molecule has 0 aliphatic rings. The quantitative estimate of drug-likeness (QED) is 0.696. The molecule has 0 amide bonds. The number of hydrogen-bond acceptors (Lipinski definition) is 4. The number of thioether (sulfide) groups is 1. The number of thiazole rings is 1. The van der Waals surface area contributed by atoms with E-state index >= 15 is 0 Å². The monoisotopic (exact) mass is 272 g/mol. The molecule has 0 saturated carbocycles. The Labute approximate surface area is 114 Å². The van der Waals surface area contributed by atoms with Crippen LogP contribution < -0.4 is 5.32 Å². The van der Waals surface area contributed by atoms with E-state index in [1.807, 2.05) is 11.8 Å². The van der Waals surface area contributed by atoms with Gasteiger partial charge in [-0.2, -0.15) is 11.8 Å². The smallest absolute Gasteiger partial charge is 0.103 e. The van der Waals surface area contributed by atoms with Crippen molar-refractivity contribution in [2.24, 2.45) is 5.92 Å².